The third-order valence-electron chi connectivity index (χ3n) is 14.9. The molecule has 10 heterocycles. The van der Waals surface area contributed by atoms with Crippen molar-refractivity contribution in [2.24, 2.45) is 11.8 Å². The van der Waals surface area contributed by atoms with Crippen LogP contribution in [0.5, 0.6) is 0 Å². The molecule has 0 aromatic carbocycles. The number of fused-ring (bicyclic) bond motifs is 6. The molecule has 12 heteroatoms. The second kappa shape index (κ2) is 12.3. The molecule has 8 aromatic rings. The molecule has 2 saturated carbocycles. The fourth-order valence-electron chi connectivity index (χ4n) is 12.0. The number of thiophene rings is 2. The van der Waals surface area contributed by atoms with E-state index in [1.807, 2.05) is 20.4 Å². The van der Waals surface area contributed by atoms with Gasteiger partial charge in [-0.1, -0.05) is 20.8 Å². The molecule has 2 saturated heterocycles. The Hall–Kier alpha value is -4.36. The fraction of sp³-hybridized carbons (Fsp3) is 0.478. The topological polar surface area (TPSA) is 105 Å². The molecule has 5 unspecified atom stereocenters. The lowest BCUT2D eigenvalue weighted by Gasteiger charge is -2.24. The molecule has 3 N–H and O–H groups in total. The zero-order chi connectivity index (χ0) is 39.4. The van der Waals surface area contributed by atoms with E-state index in [-0.39, 0.29) is 11.3 Å². The van der Waals surface area contributed by atoms with E-state index in [9.17, 15) is 0 Å². The lowest BCUT2D eigenvalue weighted by Crippen LogP contribution is -2.34. The van der Waals surface area contributed by atoms with E-state index in [4.69, 9.17) is 0 Å². The number of pyridine rings is 2. The summed E-state index contributed by atoms with van der Waals surface area (Å²) in [6, 6.07) is 4.65. The summed E-state index contributed by atoms with van der Waals surface area (Å²) in [5, 5.41) is 19.6. The number of aryl methyl sites for hydroxylation is 4. The van der Waals surface area contributed by atoms with E-state index < -0.39 is 0 Å². The van der Waals surface area contributed by atoms with Crippen LogP contribution in [0.4, 0.5) is 0 Å². The Bertz CT molecular complexity index is 2990. The molecule has 0 spiro atoms. The Morgan fingerprint density at radius 2 is 1.48 bits per heavy atom. The predicted octanol–water partition coefficient (Wildman–Crippen LogP) is 9.33. The Morgan fingerprint density at radius 3 is 2.21 bits per heavy atom. The minimum absolute atomic E-state index is 0.191. The van der Waals surface area contributed by atoms with E-state index >= 15 is 0 Å². The highest BCUT2D eigenvalue weighted by molar-refractivity contribution is 7.19. The van der Waals surface area contributed by atoms with E-state index in [1.54, 1.807) is 22.4 Å². The maximum Gasteiger partial charge on any atom is 0.158 e. The monoisotopic (exact) mass is 808 g/mol. The molecule has 0 bridgehead atoms. The number of hydrogen-bond donors (Lipinski definition) is 3. The highest BCUT2D eigenvalue weighted by atomic mass is 32.1. The van der Waals surface area contributed by atoms with E-state index in [2.05, 4.69) is 125 Å². The zero-order valence-corrected chi connectivity index (χ0v) is 36.2. The van der Waals surface area contributed by atoms with Crippen molar-refractivity contribution in [3.05, 3.63) is 80.3 Å². The van der Waals surface area contributed by atoms with Crippen molar-refractivity contribution >= 4 is 54.4 Å². The SMILES string of the molecule is Cc1c(C23CCNCC2C3)sc2[nH]c(-c3cc(C)c4ncnn4c3)c(C(C)Cn3c(-c4cc(C)c5ncnn5c4)c(C(C)C)c4c(C)c(C56CNCCC5C6)sc43)c12. The lowest BCUT2D eigenvalue weighted by molar-refractivity contribution is 0.449. The van der Waals surface area contributed by atoms with Crippen LogP contribution < -0.4 is 10.6 Å². The van der Waals surface area contributed by atoms with Gasteiger partial charge in [0.25, 0.3) is 0 Å². The highest BCUT2D eigenvalue weighted by Gasteiger charge is 2.59. The van der Waals surface area contributed by atoms with Crippen molar-refractivity contribution in [2.45, 2.75) is 103 Å². The number of aromatic nitrogens is 8. The van der Waals surface area contributed by atoms with Crippen molar-refractivity contribution in [3.8, 4) is 22.5 Å². The smallest absolute Gasteiger partial charge is 0.158 e. The third kappa shape index (κ3) is 4.83. The largest absolute Gasteiger partial charge is 0.346 e. The average molecular weight is 809 g/mol. The standard InChI is InChI=1S/C46H52N10S2/c1-23(2)33-36-28(7)40(46-14-31(46)8-10-48-20-46)58-44(36)54(38(33)30-13-25(4)42-50-22-52-56(42)19-30)17-26(5)34-35-27(6)39(45-9-11-47-16-32(45)15-45)57-43(35)53-37(34)29-12-24(3)41-49-21-51-55(41)18-29/h12-13,18-19,21-23,26,31-32,47-48,53H,8-11,14-17,20H2,1-7H3. The number of nitrogens with zero attached hydrogens (tertiary/aromatic N) is 7. The van der Waals surface area contributed by atoms with Gasteiger partial charge in [-0.3, -0.25) is 0 Å². The van der Waals surface area contributed by atoms with Gasteiger partial charge in [0, 0.05) is 73.9 Å². The van der Waals surface area contributed by atoms with Crippen LogP contribution in [0.25, 0.3) is 54.2 Å². The second-order valence-corrected chi connectivity index (χ2v) is 20.8. The van der Waals surface area contributed by atoms with Crippen LogP contribution in [0, 0.1) is 39.5 Å². The maximum atomic E-state index is 4.66. The van der Waals surface area contributed by atoms with Gasteiger partial charge in [-0.25, -0.2) is 19.0 Å². The van der Waals surface area contributed by atoms with Gasteiger partial charge < -0.3 is 20.2 Å². The first-order valence-electron chi connectivity index (χ1n) is 21.4. The van der Waals surface area contributed by atoms with E-state index in [0.717, 1.165) is 72.5 Å². The van der Waals surface area contributed by atoms with Gasteiger partial charge in [0.2, 0.25) is 0 Å². The summed E-state index contributed by atoms with van der Waals surface area (Å²) in [5.74, 6) is 2.07. The van der Waals surface area contributed by atoms with Crippen molar-refractivity contribution in [1.29, 1.82) is 0 Å². The minimum Gasteiger partial charge on any atom is -0.346 e. The van der Waals surface area contributed by atoms with Gasteiger partial charge in [0.15, 0.2) is 11.3 Å². The molecular formula is C46H52N10S2. The molecule has 10 nitrogen and oxygen atoms in total. The van der Waals surface area contributed by atoms with Gasteiger partial charge in [-0.2, -0.15) is 10.2 Å². The number of rotatable bonds is 8. The van der Waals surface area contributed by atoms with Gasteiger partial charge in [0.05, 0.1) is 11.4 Å². The summed E-state index contributed by atoms with van der Waals surface area (Å²) < 4.78 is 6.65. The van der Waals surface area contributed by atoms with E-state index in [0.29, 0.717) is 11.3 Å². The number of nitrogens with one attached hydrogen (secondary N) is 3. The Labute approximate surface area is 346 Å². The highest BCUT2D eigenvalue weighted by Crippen LogP contribution is 2.63. The first kappa shape index (κ1) is 35.6. The summed E-state index contributed by atoms with van der Waals surface area (Å²) in [7, 11) is 0. The molecule has 2 aliphatic heterocycles. The van der Waals surface area contributed by atoms with Crippen LogP contribution >= 0.6 is 22.7 Å². The van der Waals surface area contributed by atoms with Crippen LogP contribution in [0.2, 0.25) is 0 Å². The van der Waals surface area contributed by atoms with E-state index in [1.165, 1.54) is 85.3 Å². The molecule has 58 heavy (non-hydrogen) atoms. The molecule has 4 fully saturated rings. The van der Waals surface area contributed by atoms with Crippen LogP contribution in [0.3, 0.4) is 0 Å². The third-order valence-corrected chi connectivity index (χ3v) is 17.9. The van der Waals surface area contributed by atoms with Crippen molar-refractivity contribution in [2.75, 3.05) is 26.2 Å². The van der Waals surface area contributed by atoms with Crippen molar-refractivity contribution in [1.82, 2.24) is 49.4 Å². The quantitative estimate of drug-likeness (QED) is 0.141. The molecule has 298 valence electrons. The molecule has 12 rings (SSSR count). The lowest BCUT2D eigenvalue weighted by atomic mass is 9.89. The molecular weight excluding hydrogens is 757 g/mol. The molecule has 4 aliphatic rings. The van der Waals surface area contributed by atoms with Crippen molar-refractivity contribution < 1.29 is 0 Å². The predicted molar refractivity (Wildman–Crippen MR) is 236 cm³/mol. The molecule has 2 aliphatic carbocycles. The molecule has 0 radical (unpaired) electrons. The Balaban J connectivity index is 1.09. The van der Waals surface area contributed by atoms with Gasteiger partial charge in [-0.15, -0.1) is 22.7 Å². The number of H-pyrrole nitrogens is 1. The Kier molecular flexibility index (Phi) is 7.57. The molecule has 0 amide bonds. The first-order valence-corrected chi connectivity index (χ1v) is 23.0. The summed E-state index contributed by atoms with van der Waals surface area (Å²) in [4.78, 5) is 19.2. The molecule has 5 atom stereocenters. The normalized spacial score (nSPS) is 24.8. The number of piperidine rings is 2. The average Bonchev–Trinajstić information content (AvgIpc) is 3.55. The van der Waals surface area contributed by atoms with Crippen LogP contribution in [0.15, 0.2) is 37.2 Å². The number of hydrogen-bond acceptors (Lipinski definition) is 8. The fourth-order valence-corrected chi connectivity index (χ4v) is 15.1. The molecule has 8 aromatic heterocycles. The van der Waals surface area contributed by atoms with Gasteiger partial charge in [0.1, 0.15) is 22.3 Å². The summed E-state index contributed by atoms with van der Waals surface area (Å²) in [5.41, 5.74) is 15.5. The second-order valence-electron chi connectivity index (χ2n) is 18.8. The number of aromatic amines is 1. The first-order chi connectivity index (χ1) is 28.1. The summed E-state index contributed by atoms with van der Waals surface area (Å²) in [6.45, 7) is 21.8. The maximum absolute atomic E-state index is 4.66. The van der Waals surface area contributed by atoms with Crippen molar-refractivity contribution in [3.63, 3.8) is 0 Å². The summed E-state index contributed by atoms with van der Waals surface area (Å²) in [6.07, 6.45) is 12.9. The van der Waals surface area contributed by atoms with Gasteiger partial charge in [-0.05, 0) is 136 Å². The van der Waals surface area contributed by atoms with Crippen LogP contribution in [0.1, 0.15) is 101 Å². The zero-order valence-electron chi connectivity index (χ0n) is 34.6. The van der Waals surface area contributed by atoms with Crippen LogP contribution in [-0.2, 0) is 17.4 Å². The Morgan fingerprint density at radius 1 is 0.793 bits per heavy atom. The summed E-state index contributed by atoms with van der Waals surface area (Å²) >= 11 is 4.12. The minimum atomic E-state index is 0.191. The van der Waals surface area contributed by atoms with Gasteiger partial charge >= 0.3 is 0 Å². The van der Waals surface area contributed by atoms with Crippen LogP contribution in [-0.4, -0.2) is 64.9 Å².